The van der Waals surface area contributed by atoms with Crippen LogP contribution in [0.5, 0.6) is 5.88 Å². The summed E-state index contributed by atoms with van der Waals surface area (Å²) >= 11 is 0. The van der Waals surface area contributed by atoms with Gasteiger partial charge in [-0.2, -0.15) is 0 Å². The summed E-state index contributed by atoms with van der Waals surface area (Å²) in [4.78, 5) is 29.6. The van der Waals surface area contributed by atoms with Crippen molar-refractivity contribution in [1.29, 1.82) is 0 Å². The monoisotopic (exact) mass is 394 g/mol. The Morgan fingerprint density at radius 1 is 1.03 bits per heavy atom. The summed E-state index contributed by atoms with van der Waals surface area (Å²) in [5.74, 6) is -1.61. The van der Waals surface area contributed by atoms with Crippen molar-refractivity contribution in [3.05, 3.63) is 89.9 Å². The van der Waals surface area contributed by atoms with E-state index in [4.69, 9.17) is 9.47 Å². The lowest BCUT2D eigenvalue weighted by Gasteiger charge is -2.18. The normalized spacial score (nSPS) is 11.4. The van der Waals surface area contributed by atoms with E-state index in [1.54, 1.807) is 43.3 Å². The van der Waals surface area contributed by atoms with Gasteiger partial charge in [0.2, 0.25) is 12.0 Å². The Bertz CT molecular complexity index is 978. The number of pyridine rings is 1. The average molecular weight is 394 g/mol. The first-order valence-corrected chi connectivity index (χ1v) is 8.98. The number of halogens is 1. The molecule has 0 unspecified atom stereocenters. The molecule has 6 nitrogen and oxygen atoms in total. The lowest BCUT2D eigenvalue weighted by molar-refractivity contribution is -0.125. The molecule has 1 atom stereocenters. The van der Waals surface area contributed by atoms with Crippen LogP contribution in [-0.2, 0) is 9.53 Å². The number of carbonyl (C=O) groups is 2. The van der Waals surface area contributed by atoms with Crippen LogP contribution in [0.4, 0.5) is 10.1 Å². The van der Waals surface area contributed by atoms with Crippen LogP contribution in [0.15, 0.2) is 72.9 Å². The molecule has 3 rings (SSSR count). The number of anilines is 1. The van der Waals surface area contributed by atoms with E-state index >= 15 is 0 Å². The molecule has 1 heterocycles. The second kappa shape index (κ2) is 9.45. The van der Waals surface area contributed by atoms with Gasteiger partial charge < -0.3 is 14.8 Å². The van der Waals surface area contributed by atoms with Crippen molar-refractivity contribution in [3.8, 4) is 5.88 Å². The molecule has 7 heteroatoms. The molecule has 0 radical (unpaired) electrons. The highest BCUT2D eigenvalue weighted by Crippen LogP contribution is 2.24. The smallest absolute Gasteiger partial charge is 0.344 e. The van der Waals surface area contributed by atoms with Gasteiger partial charge in [0.25, 0.3) is 5.91 Å². The van der Waals surface area contributed by atoms with Crippen LogP contribution < -0.4 is 10.1 Å². The number of rotatable bonds is 7. The Kier molecular flexibility index (Phi) is 6.52. The topological polar surface area (TPSA) is 77.5 Å². The van der Waals surface area contributed by atoms with Gasteiger partial charge in [0.05, 0.1) is 6.61 Å². The third kappa shape index (κ3) is 5.16. The van der Waals surface area contributed by atoms with E-state index in [0.29, 0.717) is 17.9 Å². The van der Waals surface area contributed by atoms with Gasteiger partial charge in [-0.25, -0.2) is 14.2 Å². The highest BCUT2D eigenvalue weighted by Gasteiger charge is 2.27. The van der Waals surface area contributed by atoms with Crippen molar-refractivity contribution in [2.45, 2.75) is 13.0 Å². The number of nitrogens with zero attached hydrogens (tertiary/aromatic N) is 1. The number of amides is 1. The lowest BCUT2D eigenvalue weighted by Crippen LogP contribution is -2.26. The van der Waals surface area contributed by atoms with Crippen LogP contribution in [0.25, 0.3) is 0 Å². The van der Waals surface area contributed by atoms with E-state index in [2.05, 4.69) is 10.3 Å². The molecule has 3 aromatic rings. The van der Waals surface area contributed by atoms with Gasteiger partial charge in [-0.1, -0.05) is 30.3 Å². The highest BCUT2D eigenvalue weighted by atomic mass is 19.1. The largest absolute Gasteiger partial charge is 0.477 e. The van der Waals surface area contributed by atoms with Crippen LogP contribution in [0.3, 0.4) is 0 Å². The first-order chi connectivity index (χ1) is 14.1. The van der Waals surface area contributed by atoms with Crippen molar-refractivity contribution in [1.82, 2.24) is 4.98 Å². The van der Waals surface area contributed by atoms with E-state index in [9.17, 15) is 14.0 Å². The quantitative estimate of drug-likeness (QED) is 0.609. The van der Waals surface area contributed by atoms with Gasteiger partial charge in [-0.15, -0.1) is 0 Å². The van der Waals surface area contributed by atoms with Crippen molar-refractivity contribution < 1.29 is 23.5 Å². The molecular weight excluding hydrogens is 375 g/mol. The number of esters is 1. The van der Waals surface area contributed by atoms with Gasteiger partial charge in [-0.3, -0.25) is 4.79 Å². The van der Waals surface area contributed by atoms with Crippen LogP contribution >= 0.6 is 0 Å². The number of nitrogens with one attached hydrogen (secondary N) is 1. The number of hydrogen-bond acceptors (Lipinski definition) is 5. The van der Waals surface area contributed by atoms with E-state index in [-0.39, 0.29) is 11.4 Å². The van der Waals surface area contributed by atoms with Crippen LogP contribution in [-0.4, -0.2) is 23.5 Å². The molecule has 0 aliphatic carbocycles. The Labute approximate surface area is 167 Å². The molecule has 0 saturated heterocycles. The molecule has 1 N–H and O–H groups in total. The molecule has 0 fully saturated rings. The summed E-state index contributed by atoms with van der Waals surface area (Å²) in [6.07, 6.45) is 0.279. The molecule has 1 amide bonds. The molecule has 0 saturated carbocycles. The van der Waals surface area contributed by atoms with Gasteiger partial charge >= 0.3 is 5.97 Å². The summed E-state index contributed by atoms with van der Waals surface area (Å²) in [6.45, 7) is 2.09. The Balaban J connectivity index is 1.85. The number of aromatic nitrogens is 1. The van der Waals surface area contributed by atoms with Crippen molar-refractivity contribution in [2.24, 2.45) is 0 Å². The van der Waals surface area contributed by atoms with Crippen molar-refractivity contribution >= 4 is 17.6 Å². The summed E-state index contributed by atoms with van der Waals surface area (Å²) < 4.78 is 24.0. The third-order valence-electron chi connectivity index (χ3n) is 3.95. The van der Waals surface area contributed by atoms with Crippen molar-refractivity contribution in [2.75, 3.05) is 11.9 Å². The minimum absolute atomic E-state index is 0.116. The fourth-order valence-corrected chi connectivity index (χ4v) is 2.61. The maximum atomic E-state index is 13.1. The summed E-state index contributed by atoms with van der Waals surface area (Å²) in [7, 11) is 0. The van der Waals surface area contributed by atoms with E-state index < -0.39 is 23.8 Å². The second-order valence-electron chi connectivity index (χ2n) is 5.98. The number of carbonyl (C=O) groups excluding carboxylic acids is 2. The summed E-state index contributed by atoms with van der Waals surface area (Å²) in [5, 5.41) is 2.63. The molecule has 148 valence electrons. The standard InChI is InChI=1S/C22H19FN2O4/c1-2-28-21-18(9-6-14-24-21)22(27)29-19(15-7-4-3-5-8-15)20(26)25-17-12-10-16(23)11-13-17/h3-14,19H,2H2,1H3,(H,25,26)/t19-/m1/s1. The molecule has 0 aliphatic heterocycles. The molecule has 1 aromatic heterocycles. The molecular formula is C22H19FN2O4. The predicted molar refractivity (Wildman–Crippen MR) is 105 cm³/mol. The zero-order valence-corrected chi connectivity index (χ0v) is 15.7. The first kappa shape index (κ1) is 20.0. The van der Waals surface area contributed by atoms with Crippen molar-refractivity contribution in [3.63, 3.8) is 0 Å². The fourth-order valence-electron chi connectivity index (χ4n) is 2.61. The third-order valence-corrected chi connectivity index (χ3v) is 3.95. The molecule has 2 aromatic carbocycles. The minimum atomic E-state index is -1.22. The van der Waals surface area contributed by atoms with Crippen LogP contribution in [0.1, 0.15) is 28.9 Å². The molecule has 29 heavy (non-hydrogen) atoms. The van der Waals surface area contributed by atoms with Crippen LogP contribution in [0.2, 0.25) is 0 Å². The predicted octanol–water partition coefficient (Wildman–Crippen LogP) is 4.16. The number of benzene rings is 2. The molecule has 0 aliphatic rings. The molecule has 0 spiro atoms. The maximum Gasteiger partial charge on any atom is 0.344 e. The zero-order chi connectivity index (χ0) is 20.6. The zero-order valence-electron chi connectivity index (χ0n) is 15.7. The highest BCUT2D eigenvalue weighted by molar-refractivity contribution is 5.98. The SMILES string of the molecule is CCOc1ncccc1C(=O)O[C@@H](C(=O)Nc1ccc(F)cc1)c1ccccc1. The van der Waals surface area contributed by atoms with E-state index in [0.717, 1.165) is 0 Å². The molecule has 0 bridgehead atoms. The Morgan fingerprint density at radius 3 is 2.45 bits per heavy atom. The number of ether oxygens (including phenoxy) is 2. The first-order valence-electron chi connectivity index (χ1n) is 8.98. The van der Waals surface area contributed by atoms with Gasteiger partial charge in [0.1, 0.15) is 11.4 Å². The van der Waals surface area contributed by atoms with E-state index in [1.807, 2.05) is 0 Å². The number of hydrogen-bond donors (Lipinski definition) is 1. The Hall–Kier alpha value is -3.74. The fraction of sp³-hybridized carbons (Fsp3) is 0.136. The van der Waals surface area contributed by atoms with Crippen LogP contribution in [0, 0.1) is 5.82 Å². The Morgan fingerprint density at radius 2 is 1.76 bits per heavy atom. The van der Waals surface area contributed by atoms with Gasteiger partial charge in [0.15, 0.2) is 0 Å². The average Bonchev–Trinajstić information content (AvgIpc) is 2.74. The lowest BCUT2D eigenvalue weighted by atomic mass is 10.1. The van der Waals surface area contributed by atoms with Gasteiger partial charge in [0, 0.05) is 17.4 Å². The summed E-state index contributed by atoms with van der Waals surface area (Å²) in [6, 6.07) is 17.0. The summed E-state index contributed by atoms with van der Waals surface area (Å²) in [5.41, 5.74) is 0.983. The minimum Gasteiger partial charge on any atom is -0.477 e. The van der Waals surface area contributed by atoms with E-state index in [1.165, 1.54) is 36.5 Å². The maximum absolute atomic E-state index is 13.1. The van der Waals surface area contributed by atoms with Gasteiger partial charge in [-0.05, 0) is 43.3 Å². The second-order valence-corrected chi connectivity index (χ2v) is 5.98.